The number of rotatable bonds is 7. The number of hydrogen-bond donors (Lipinski definition) is 0. The lowest BCUT2D eigenvalue weighted by Crippen LogP contribution is -2.28. The van der Waals surface area contributed by atoms with Crippen LogP contribution in [0.1, 0.15) is 34.1 Å². The molecule has 4 heteroatoms. The lowest BCUT2D eigenvalue weighted by atomic mass is 10.3. The Morgan fingerprint density at radius 1 is 1.43 bits per heavy atom. The van der Waals surface area contributed by atoms with E-state index >= 15 is 0 Å². The SMILES string of the molecule is CCOC(F)CN(CC)/N=C(\C)CC. The van der Waals surface area contributed by atoms with Crippen LogP contribution in [-0.4, -0.2) is 36.8 Å². The Balaban J connectivity index is 4.02. The number of halogens is 1. The van der Waals surface area contributed by atoms with Crippen LogP contribution < -0.4 is 0 Å². The summed E-state index contributed by atoms with van der Waals surface area (Å²) in [5, 5.41) is 5.96. The van der Waals surface area contributed by atoms with Gasteiger partial charge in [0.2, 0.25) is 6.36 Å². The first-order chi connectivity index (χ1) is 6.63. The Labute approximate surface area is 85.9 Å². The van der Waals surface area contributed by atoms with E-state index in [1.54, 1.807) is 11.9 Å². The first kappa shape index (κ1) is 13.4. The molecule has 0 fully saturated rings. The lowest BCUT2D eigenvalue weighted by Gasteiger charge is -2.20. The van der Waals surface area contributed by atoms with Crippen LogP contribution in [0.3, 0.4) is 0 Å². The topological polar surface area (TPSA) is 24.8 Å². The Morgan fingerprint density at radius 2 is 2.07 bits per heavy atom. The van der Waals surface area contributed by atoms with Gasteiger partial charge in [-0.25, -0.2) is 4.39 Å². The third-order valence-corrected chi connectivity index (χ3v) is 1.89. The van der Waals surface area contributed by atoms with Crippen molar-refractivity contribution in [3.63, 3.8) is 0 Å². The van der Waals surface area contributed by atoms with E-state index < -0.39 is 6.36 Å². The molecule has 0 aromatic rings. The number of ether oxygens (including phenoxy) is 1. The molecule has 0 aliphatic rings. The predicted octanol–water partition coefficient (Wildman–Crippen LogP) is 2.43. The van der Waals surface area contributed by atoms with E-state index in [2.05, 4.69) is 5.10 Å². The second-order valence-corrected chi connectivity index (χ2v) is 3.06. The molecule has 0 rings (SSSR count). The highest BCUT2D eigenvalue weighted by Crippen LogP contribution is 2.00. The monoisotopic (exact) mass is 204 g/mol. The standard InChI is InChI=1S/C10H21FN2O/c1-5-9(4)12-13(6-2)8-10(11)14-7-3/h10H,5-8H2,1-4H3/b12-9+. The molecular formula is C10H21FN2O. The summed E-state index contributed by atoms with van der Waals surface area (Å²) in [6.07, 6.45) is -0.351. The molecule has 0 aliphatic carbocycles. The molecule has 14 heavy (non-hydrogen) atoms. The van der Waals surface area contributed by atoms with Crippen LogP contribution in [0.5, 0.6) is 0 Å². The zero-order valence-corrected chi connectivity index (χ0v) is 9.59. The maximum absolute atomic E-state index is 13.1. The Hall–Kier alpha value is -0.640. The van der Waals surface area contributed by atoms with Crippen LogP contribution in [0.2, 0.25) is 0 Å². The molecule has 0 aromatic heterocycles. The largest absolute Gasteiger partial charge is 0.347 e. The molecule has 0 spiro atoms. The first-order valence-electron chi connectivity index (χ1n) is 5.18. The minimum atomic E-state index is -1.24. The van der Waals surface area contributed by atoms with Gasteiger partial charge in [0, 0.05) is 18.9 Å². The molecule has 0 heterocycles. The summed E-state index contributed by atoms with van der Waals surface area (Å²) in [6.45, 7) is 9.01. The summed E-state index contributed by atoms with van der Waals surface area (Å²) in [5.74, 6) is 0. The van der Waals surface area contributed by atoms with Gasteiger partial charge < -0.3 is 4.74 Å². The van der Waals surface area contributed by atoms with E-state index in [4.69, 9.17) is 4.74 Å². The van der Waals surface area contributed by atoms with Crippen molar-refractivity contribution < 1.29 is 9.13 Å². The van der Waals surface area contributed by atoms with Gasteiger partial charge in [0.15, 0.2) is 0 Å². The van der Waals surface area contributed by atoms with Gasteiger partial charge in [0.05, 0.1) is 6.54 Å². The molecule has 1 atom stereocenters. The van der Waals surface area contributed by atoms with Crippen LogP contribution in [0, 0.1) is 0 Å². The van der Waals surface area contributed by atoms with Crippen LogP contribution in [0.15, 0.2) is 5.10 Å². The van der Waals surface area contributed by atoms with Gasteiger partial charge in [0.1, 0.15) is 0 Å². The fourth-order valence-corrected chi connectivity index (χ4v) is 0.952. The molecule has 0 N–H and O–H groups in total. The fraction of sp³-hybridized carbons (Fsp3) is 0.900. The molecule has 84 valence electrons. The molecule has 0 aromatic carbocycles. The van der Waals surface area contributed by atoms with Crippen molar-refractivity contribution in [1.82, 2.24) is 5.01 Å². The third kappa shape index (κ3) is 5.91. The molecule has 0 aliphatic heterocycles. The Kier molecular flexibility index (Phi) is 7.38. The van der Waals surface area contributed by atoms with Crippen molar-refractivity contribution in [1.29, 1.82) is 0 Å². The molecule has 0 bridgehead atoms. The fourth-order valence-electron chi connectivity index (χ4n) is 0.952. The van der Waals surface area contributed by atoms with Crippen molar-refractivity contribution in [2.75, 3.05) is 19.7 Å². The third-order valence-electron chi connectivity index (χ3n) is 1.89. The zero-order valence-electron chi connectivity index (χ0n) is 9.59. The second kappa shape index (κ2) is 7.74. The highest BCUT2D eigenvalue weighted by molar-refractivity contribution is 5.81. The number of nitrogens with zero attached hydrogens (tertiary/aromatic N) is 2. The van der Waals surface area contributed by atoms with Gasteiger partial charge in [-0.3, -0.25) is 5.01 Å². The normalized spacial score (nSPS) is 14.2. The van der Waals surface area contributed by atoms with Crippen LogP contribution in [-0.2, 0) is 4.74 Å². The van der Waals surface area contributed by atoms with Crippen LogP contribution in [0.25, 0.3) is 0 Å². The molecule has 0 radical (unpaired) electrons. The summed E-state index contributed by atoms with van der Waals surface area (Å²) in [4.78, 5) is 0. The van der Waals surface area contributed by atoms with E-state index in [0.29, 0.717) is 13.2 Å². The summed E-state index contributed by atoms with van der Waals surface area (Å²) in [5.41, 5.74) is 1.01. The quantitative estimate of drug-likeness (QED) is 0.470. The summed E-state index contributed by atoms with van der Waals surface area (Å²) in [6, 6.07) is 0. The molecular weight excluding hydrogens is 183 g/mol. The van der Waals surface area contributed by atoms with Crippen LogP contribution >= 0.6 is 0 Å². The highest BCUT2D eigenvalue weighted by Gasteiger charge is 2.09. The minimum absolute atomic E-state index is 0.210. The van der Waals surface area contributed by atoms with Gasteiger partial charge >= 0.3 is 0 Å². The summed E-state index contributed by atoms with van der Waals surface area (Å²) in [7, 11) is 0. The van der Waals surface area contributed by atoms with E-state index in [0.717, 1.165) is 12.1 Å². The van der Waals surface area contributed by atoms with Crippen LogP contribution in [0.4, 0.5) is 4.39 Å². The maximum Gasteiger partial charge on any atom is 0.218 e. The lowest BCUT2D eigenvalue weighted by molar-refractivity contribution is -0.0512. The molecule has 0 saturated heterocycles. The van der Waals surface area contributed by atoms with Gasteiger partial charge in [0.25, 0.3) is 0 Å². The van der Waals surface area contributed by atoms with Crippen molar-refractivity contribution in [3.8, 4) is 0 Å². The number of hydrogen-bond acceptors (Lipinski definition) is 3. The van der Waals surface area contributed by atoms with E-state index in [1.165, 1.54) is 0 Å². The Bertz CT molecular complexity index is 174. The average Bonchev–Trinajstić information content (AvgIpc) is 2.16. The van der Waals surface area contributed by atoms with Crippen molar-refractivity contribution in [2.24, 2.45) is 5.10 Å². The minimum Gasteiger partial charge on any atom is -0.347 e. The highest BCUT2D eigenvalue weighted by atomic mass is 19.1. The number of alkyl halides is 1. The van der Waals surface area contributed by atoms with Crippen molar-refractivity contribution >= 4 is 5.71 Å². The number of likely N-dealkylation sites (N-methyl/N-ethyl adjacent to an activating group) is 1. The van der Waals surface area contributed by atoms with E-state index in [1.807, 2.05) is 20.8 Å². The van der Waals surface area contributed by atoms with Crippen molar-refractivity contribution in [2.45, 2.75) is 40.5 Å². The number of hydrazone groups is 1. The maximum atomic E-state index is 13.1. The molecule has 1 unspecified atom stereocenters. The molecule has 3 nitrogen and oxygen atoms in total. The Morgan fingerprint density at radius 3 is 2.50 bits per heavy atom. The molecule has 0 saturated carbocycles. The smallest absolute Gasteiger partial charge is 0.218 e. The zero-order chi connectivity index (χ0) is 11.0. The summed E-state index contributed by atoms with van der Waals surface area (Å²) < 4.78 is 17.9. The second-order valence-electron chi connectivity index (χ2n) is 3.06. The van der Waals surface area contributed by atoms with Crippen molar-refractivity contribution in [3.05, 3.63) is 0 Å². The predicted molar refractivity (Wildman–Crippen MR) is 57.2 cm³/mol. The van der Waals surface area contributed by atoms with Gasteiger partial charge in [-0.15, -0.1) is 0 Å². The average molecular weight is 204 g/mol. The van der Waals surface area contributed by atoms with Gasteiger partial charge in [-0.1, -0.05) is 6.92 Å². The van der Waals surface area contributed by atoms with Gasteiger partial charge in [-0.2, -0.15) is 5.10 Å². The summed E-state index contributed by atoms with van der Waals surface area (Å²) >= 11 is 0. The van der Waals surface area contributed by atoms with E-state index in [-0.39, 0.29) is 6.54 Å². The first-order valence-corrected chi connectivity index (χ1v) is 5.18. The molecule has 0 amide bonds. The van der Waals surface area contributed by atoms with E-state index in [9.17, 15) is 4.39 Å². The van der Waals surface area contributed by atoms with Gasteiger partial charge in [-0.05, 0) is 27.2 Å².